The minimum Gasteiger partial charge on any atom is -0.369 e. The Labute approximate surface area is 177 Å². The van der Waals surface area contributed by atoms with Crippen molar-refractivity contribution in [2.45, 2.75) is 12.0 Å². The molecule has 9 heteroatoms. The molecular formula is C21H19N5O3S. The fourth-order valence-electron chi connectivity index (χ4n) is 3.22. The molecule has 1 aliphatic heterocycles. The van der Waals surface area contributed by atoms with Crippen LogP contribution in [0, 0.1) is 11.8 Å². The molecule has 1 aliphatic rings. The Morgan fingerprint density at radius 1 is 1.33 bits per heavy atom. The number of hydrogen-bond acceptors (Lipinski definition) is 6. The number of hydrogen-bond donors (Lipinski definition) is 2. The molecule has 3 heterocycles. The van der Waals surface area contributed by atoms with E-state index >= 15 is 0 Å². The predicted molar refractivity (Wildman–Crippen MR) is 112 cm³/mol. The topological polar surface area (TPSA) is 114 Å². The highest BCUT2D eigenvalue weighted by Gasteiger charge is 2.42. The summed E-state index contributed by atoms with van der Waals surface area (Å²) in [6.45, 7) is 0.468. The Kier molecular flexibility index (Phi) is 4.89. The number of benzene rings is 1. The molecule has 30 heavy (non-hydrogen) atoms. The van der Waals surface area contributed by atoms with Crippen LogP contribution >= 0.6 is 11.3 Å². The number of nitrogens with two attached hydrogens (primary N) is 1. The molecule has 2 amide bonds. The summed E-state index contributed by atoms with van der Waals surface area (Å²) >= 11 is 1.34. The van der Waals surface area contributed by atoms with Gasteiger partial charge < -0.3 is 15.7 Å². The highest BCUT2D eigenvalue weighted by atomic mass is 32.1. The monoisotopic (exact) mass is 421 g/mol. The zero-order valence-corrected chi connectivity index (χ0v) is 17.2. The first kappa shape index (κ1) is 19.8. The summed E-state index contributed by atoms with van der Waals surface area (Å²) in [4.78, 5) is 30.5. The molecule has 0 aliphatic carbocycles. The van der Waals surface area contributed by atoms with E-state index in [1.165, 1.54) is 16.2 Å². The summed E-state index contributed by atoms with van der Waals surface area (Å²) in [7, 11) is 3.43. The molecule has 0 radical (unpaired) electrons. The van der Waals surface area contributed by atoms with Crippen molar-refractivity contribution in [3.8, 4) is 32.9 Å². The lowest BCUT2D eigenvalue weighted by atomic mass is 10.0. The summed E-state index contributed by atoms with van der Waals surface area (Å²) < 4.78 is 1.64. The van der Waals surface area contributed by atoms with Gasteiger partial charge in [-0.15, -0.1) is 11.3 Å². The van der Waals surface area contributed by atoms with Gasteiger partial charge in [0.2, 0.25) is 5.60 Å². The van der Waals surface area contributed by atoms with Gasteiger partial charge in [0.05, 0.1) is 11.1 Å². The number of nitrogens with zero attached hydrogens (tertiary/aromatic N) is 4. The second kappa shape index (κ2) is 7.40. The molecule has 1 fully saturated rings. The zero-order valence-electron chi connectivity index (χ0n) is 16.4. The summed E-state index contributed by atoms with van der Waals surface area (Å²) in [5, 5.41) is 15.2. The van der Waals surface area contributed by atoms with Gasteiger partial charge in [0.15, 0.2) is 0 Å². The van der Waals surface area contributed by atoms with E-state index in [9.17, 15) is 14.7 Å². The number of likely N-dealkylation sites (tertiary alicyclic amines) is 1. The van der Waals surface area contributed by atoms with Gasteiger partial charge >= 0.3 is 0 Å². The Bertz CT molecular complexity index is 1220. The molecule has 1 atom stereocenters. The summed E-state index contributed by atoms with van der Waals surface area (Å²) in [6.07, 6.45) is 3.72. The average Bonchev–Trinajstić information content (AvgIpc) is 3.42. The molecule has 4 rings (SSSR count). The molecule has 0 bridgehead atoms. The lowest BCUT2D eigenvalue weighted by Gasteiger charge is -2.13. The third-order valence-electron chi connectivity index (χ3n) is 4.86. The van der Waals surface area contributed by atoms with Gasteiger partial charge in [0.25, 0.3) is 11.8 Å². The number of thiazole rings is 1. The second-order valence-corrected chi connectivity index (χ2v) is 8.13. The maximum Gasteiger partial charge on any atom is 0.268 e. The number of carbonyl (C=O) groups is 2. The molecule has 3 aromatic rings. The van der Waals surface area contributed by atoms with Crippen LogP contribution in [0.25, 0.3) is 21.0 Å². The summed E-state index contributed by atoms with van der Waals surface area (Å²) in [5.41, 5.74) is 6.21. The SMILES string of the molecule is CN1CC[C@@](O)(C#Cc2cccc(-c3nc(C(N)=O)c(-c4cnn(C)c4)s3)c2)C1=O. The van der Waals surface area contributed by atoms with Crippen molar-refractivity contribution in [1.82, 2.24) is 19.7 Å². The van der Waals surface area contributed by atoms with Gasteiger partial charge in [0, 0.05) is 49.9 Å². The minimum absolute atomic E-state index is 0.188. The second-order valence-electron chi connectivity index (χ2n) is 7.13. The van der Waals surface area contributed by atoms with E-state index in [1.807, 2.05) is 6.07 Å². The number of carbonyl (C=O) groups excluding carboxylic acids is 2. The Morgan fingerprint density at radius 3 is 2.77 bits per heavy atom. The smallest absolute Gasteiger partial charge is 0.268 e. The maximum atomic E-state index is 12.1. The molecular weight excluding hydrogens is 402 g/mol. The largest absolute Gasteiger partial charge is 0.369 e. The molecule has 1 aromatic carbocycles. The van der Waals surface area contributed by atoms with Gasteiger partial charge in [-0.2, -0.15) is 5.10 Å². The maximum absolute atomic E-state index is 12.1. The van der Waals surface area contributed by atoms with Crippen LogP contribution in [0.1, 0.15) is 22.5 Å². The quantitative estimate of drug-likeness (QED) is 0.618. The first-order valence-corrected chi connectivity index (χ1v) is 10.00. The van der Waals surface area contributed by atoms with Crippen LogP contribution in [0.2, 0.25) is 0 Å². The van der Waals surface area contributed by atoms with E-state index in [0.29, 0.717) is 22.0 Å². The predicted octanol–water partition coefficient (Wildman–Crippen LogP) is 1.25. The van der Waals surface area contributed by atoms with E-state index in [2.05, 4.69) is 21.9 Å². The number of rotatable bonds is 3. The normalized spacial score (nSPS) is 18.4. The van der Waals surface area contributed by atoms with Crippen LogP contribution < -0.4 is 5.73 Å². The van der Waals surface area contributed by atoms with Crippen LogP contribution in [0.15, 0.2) is 36.7 Å². The number of likely N-dealkylation sites (N-methyl/N-ethyl adjacent to an activating group) is 1. The van der Waals surface area contributed by atoms with E-state index in [1.54, 1.807) is 49.4 Å². The first-order valence-electron chi connectivity index (χ1n) is 9.18. The molecule has 3 N–H and O–H groups in total. The summed E-state index contributed by atoms with van der Waals surface area (Å²) in [5.74, 6) is 4.60. The van der Waals surface area contributed by atoms with Crippen LogP contribution in [-0.2, 0) is 11.8 Å². The van der Waals surface area contributed by atoms with Gasteiger partial charge in [0.1, 0.15) is 10.7 Å². The van der Waals surface area contributed by atoms with Gasteiger partial charge in [-0.05, 0) is 12.1 Å². The molecule has 0 unspecified atom stereocenters. The van der Waals surface area contributed by atoms with E-state index in [4.69, 9.17) is 5.73 Å². The number of primary amides is 1. The van der Waals surface area contributed by atoms with Crippen molar-refractivity contribution in [3.63, 3.8) is 0 Å². The minimum atomic E-state index is -1.65. The average molecular weight is 421 g/mol. The third kappa shape index (κ3) is 3.58. The van der Waals surface area contributed by atoms with Crippen molar-refractivity contribution >= 4 is 23.2 Å². The molecule has 2 aromatic heterocycles. The Balaban J connectivity index is 1.69. The van der Waals surface area contributed by atoms with Crippen molar-refractivity contribution < 1.29 is 14.7 Å². The lowest BCUT2D eigenvalue weighted by molar-refractivity contribution is -0.137. The zero-order chi connectivity index (χ0) is 21.5. The Hall–Kier alpha value is -3.48. The van der Waals surface area contributed by atoms with Crippen molar-refractivity contribution in [3.05, 3.63) is 47.9 Å². The highest BCUT2D eigenvalue weighted by Crippen LogP contribution is 2.35. The van der Waals surface area contributed by atoms with Gasteiger partial charge in [-0.3, -0.25) is 14.3 Å². The van der Waals surface area contributed by atoms with Crippen LogP contribution in [0.4, 0.5) is 0 Å². The Morgan fingerprint density at radius 2 is 2.13 bits per heavy atom. The van der Waals surface area contributed by atoms with Crippen LogP contribution in [0.3, 0.4) is 0 Å². The van der Waals surface area contributed by atoms with Crippen molar-refractivity contribution in [1.29, 1.82) is 0 Å². The van der Waals surface area contributed by atoms with E-state index in [0.717, 1.165) is 11.1 Å². The fourth-order valence-corrected chi connectivity index (χ4v) is 4.26. The standard InChI is InChI=1S/C21H19N5O3S/c1-25-9-8-21(29,20(25)28)7-6-13-4-3-5-14(10-13)19-24-16(18(22)27)17(30-19)15-11-23-26(2)12-15/h3-5,10-12,29H,8-9H2,1-2H3,(H2,22,27)/t21-/m0/s1. The van der Waals surface area contributed by atoms with E-state index < -0.39 is 17.4 Å². The molecule has 0 saturated carbocycles. The first-order chi connectivity index (χ1) is 14.3. The van der Waals surface area contributed by atoms with Crippen LogP contribution in [-0.4, -0.2) is 55.8 Å². The van der Waals surface area contributed by atoms with Crippen LogP contribution in [0.5, 0.6) is 0 Å². The van der Waals surface area contributed by atoms with Gasteiger partial charge in [-0.1, -0.05) is 24.0 Å². The molecule has 1 saturated heterocycles. The van der Waals surface area contributed by atoms with Crippen molar-refractivity contribution in [2.75, 3.05) is 13.6 Å². The lowest BCUT2D eigenvalue weighted by Crippen LogP contribution is -2.37. The summed E-state index contributed by atoms with van der Waals surface area (Å²) in [6, 6.07) is 7.25. The number of aryl methyl sites for hydroxylation is 1. The van der Waals surface area contributed by atoms with Gasteiger partial charge in [-0.25, -0.2) is 4.98 Å². The molecule has 0 spiro atoms. The van der Waals surface area contributed by atoms with E-state index in [-0.39, 0.29) is 12.1 Å². The molecule has 8 nitrogen and oxygen atoms in total. The number of aliphatic hydroxyl groups is 1. The fraction of sp³-hybridized carbons (Fsp3) is 0.238. The molecule has 152 valence electrons. The number of aromatic nitrogens is 3. The van der Waals surface area contributed by atoms with Crippen molar-refractivity contribution in [2.24, 2.45) is 12.8 Å². The highest BCUT2D eigenvalue weighted by molar-refractivity contribution is 7.18. The number of amides is 2. The third-order valence-corrected chi connectivity index (χ3v) is 6.01.